The molecule has 0 aliphatic heterocycles. The molecule has 0 aliphatic rings. The van der Waals surface area contributed by atoms with Crippen LogP contribution in [0.3, 0.4) is 0 Å². The van der Waals surface area contributed by atoms with E-state index < -0.39 is 5.82 Å². The molecule has 0 radical (unpaired) electrons. The number of thiophene rings is 1. The minimum Gasteiger partial charge on any atom is -0.347 e. The summed E-state index contributed by atoms with van der Waals surface area (Å²) in [5.74, 6) is -0.729. The van der Waals surface area contributed by atoms with Gasteiger partial charge in [0.25, 0.3) is 5.91 Å². The summed E-state index contributed by atoms with van der Waals surface area (Å²) in [6, 6.07) is 5.97. The van der Waals surface area contributed by atoms with Crippen molar-refractivity contribution >= 4 is 49.1 Å². The zero-order valence-electron chi connectivity index (χ0n) is 9.04. The van der Waals surface area contributed by atoms with Crippen molar-refractivity contribution in [2.45, 2.75) is 6.54 Å². The van der Waals surface area contributed by atoms with Gasteiger partial charge in [0.2, 0.25) is 0 Å². The Bertz CT molecular complexity index is 585. The molecule has 1 N–H and O–H groups in total. The van der Waals surface area contributed by atoms with Gasteiger partial charge in [0, 0.05) is 19.2 Å². The Morgan fingerprint density at radius 2 is 2.11 bits per heavy atom. The van der Waals surface area contributed by atoms with Crippen molar-refractivity contribution in [1.29, 1.82) is 0 Å². The van der Waals surface area contributed by atoms with Crippen LogP contribution in [0.2, 0.25) is 0 Å². The SMILES string of the molecule is O=C(NCc1cc(Br)cs1)c1cc(F)ccc1Br. The fourth-order valence-corrected chi connectivity index (χ4v) is 3.20. The van der Waals surface area contributed by atoms with Gasteiger partial charge in [0.1, 0.15) is 5.82 Å². The molecule has 0 saturated carbocycles. The minimum absolute atomic E-state index is 0.297. The van der Waals surface area contributed by atoms with Crippen LogP contribution in [-0.2, 0) is 6.54 Å². The molecule has 0 bridgehead atoms. The standard InChI is InChI=1S/C12H8Br2FNOS/c13-7-3-9(18-6-7)5-16-12(17)10-4-8(15)1-2-11(10)14/h1-4,6H,5H2,(H,16,17). The molecule has 1 aromatic carbocycles. The van der Waals surface area contributed by atoms with Gasteiger partial charge in [-0.3, -0.25) is 4.79 Å². The average molecular weight is 393 g/mol. The number of benzene rings is 1. The second-order valence-electron chi connectivity index (χ2n) is 3.54. The molecule has 0 saturated heterocycles. The van der Waals surface area contributed by atoms with E-state index >= 15 is 0 Å². The highest BCUT2D eigenvalue weighted by Crippen LogP contribution is 2.20. The number of carbonyl (C=O) groups is 1. The second kappa shape index (κ2) is 5.95. The van der Waals surface area contributed by atoms with Crippen LogP contribution in [0.15, 0.2) is 38.6 Å². The fourth-order valence-electron chi connectivity index (χ4n) is 1.38. The molecule has 2 aromatic rings. The number of hydrogen-bond acceptors (Lipinski definition) is 2. The van der Waals surface area contributed by atoms with Crippen molar-refractivity contribution in [1.82, 2.24) is 5.32 Å². The summed E-state index contributed by atoms with van der Waals surface area (Å²) in [6.45, 7) is 0.429. The third-order valence-electron chi connectivity index (χ3n) is 2.22. The smallest absolute Gasteiger partial charge is 0.252 e. The van der Waals surface area contributed by atoms with Gasteiger partial charge in [-0.05, 0) is 56.1 Å². The van der Waals surface area contributed by atoms with Crippen molar-refractivity contribution in [2.75, 3.05) is 0 Å². The molecule has 1 amide bonds. The molecule has 2 nitrogen and oxygen atoms in total. The van der Waals surface area contributed by atoms with Gasteiger partial charge in [-0.25, -0.2) is 4.39 Å². The van der Waals surface area contributed by atoms with Crippen molar-refractivity contribution in [3.63, 3.8) is 0 Å². The molecule has 2 rings (SSSR count). The molecule has 94 valence electrons. The molecule has 0 fully saturated rings. The quantitative estimate of drug-likeness (QED) is 0.826. The van der Waals surface area contributed by atoms with Crippen molar-refractivity contribution in [2.24, 2.45) is 0 Å². The first kappa shape index (κ1) is 13.7. The summed E-state index contributed by atoms with van der Waals surface area (Å²) in [5.41, 5.74) is 0.297. The predicted molar refractivity (Wildman–Crippen MR) is 77.3 cm³/mol. The highest BCUT2D eigenvalue weighted by molar-refractivity contribution is 9.10. The monoisotopic (exact) mass is 391 g/mol. The van der Waals surface area contributed by atoms with Crippen molar-refractivity contribution in [3.8, 4) is 0 Å². The van der Waals surface area contributed by atoms with Crippen LogP contribution in [0.25, 0.3) is 0 Å². The Kier molecular flexibility index (Phi) is 4.53. The number of nitrogens with one attached hydrogen (secondary N) is 1. The Morgan fingerprint density at radius 1 is 1.33 bits per heavy atom. The van der Waals surface area contributed by atoms with Gasteiger partial charge in [-0.1, -0.05) is 0 Å². The number of amides is 1. The lowest BCUT2D eigenvalue weighted by Crippen LogP contribution is -2.22. The van der Waals surface area contributed by atoms with E-state index in [2.05, 4.69) is 37.2 Å². The first-order chi connectivity index (χ1) is 8.56. The summed E-state index contributed by atoms with van der Waals surface area (Å²) in [4.78, 5) is 12.9. The van der Waals surface area contributed by atoms with Crippen LogP contribution < -0.4 is 5.32 Å². The van der Waals surface area contributed by atoms with Crippen LogP contribution in [0, 0.1) is 5.82 Å². The van der Waals surface area contributed by atoms with E-state index in [1.807, 2.05) is 11.4 Å². The number of halogens is 3. The first-order valence-corrected chi connectivity index (χ1v) is 7.49. The zero-order chi connectivity index (χ0) is 13.1. The van der Waals surface area contributed by atoms with Gasteiger partial charge in [-0.2, -0.15) is 0 Å². The molecular formula is C12H8Br2FNOS. The molecule has 6 heteroatoms. The van der Waals surface area contributed by atoms with E-state index in [9.17, 15) is 9.18 Å². The molecule has 1 heterocycles. The summed E-state index contributed by atoms with van der Waals surface area (Å²) in [7, 11) is 0. The third kappa shape index (κ3) is 3.40. The van der Waals surface area contributed by atoms with Gasteiger partial charge >= 0.3 is 0 Å². The Labute approximate surface area is 124 Å². The first-order valence-electron chi connectivity index (χ1n) is 5.02. The van der Waals surface area contributed by atoms with Gasteiger partial charge in [-0.15, -0.1) is 11.3 Å². The number of carbonyl (C=O) groups excluding carboxylic acids is 1. The summed E-state index contributed by atoms with van der Waals surface area (Å²) in [6.07, 6.45) is 0. The van der Waals surface area contributed by atoms with Crippen LogP contribution >= 0.6 is 43.2 Å². The van der Waals surface area contributed by atoms with E-state index in [0.717, 1.165) is 9.35 Å². The summed E-state index contributed by atoms with van der Waals surface area (Å²) in [5, 5.41) is 4.69. The maximum absolute atomic E-state index is 13.1. The normalized spacial score (nSPS) is 10.4. The minimum atomic E-state index is -0.429. The lowest BCUT2D eigenvalue weighted by Gasteiger charge is -2.05. The zero-order valence-corrected chi connectivity index (χ0v) is 13.0. The van der Waals surface area contributed by atoms with E-state index in [-0.39, 0.29) is 5.91 Å². The molecule has 0 spiro atoms. The van der Waals surface area contributed by atoms with E-state index in [0.29, 0.717) is 16.6 Å². The molecule has 18 heavy (non-hydrogen) atoms. The third-order valence-corrected chi connectivity index (χ3v) is 4.61. The van der Waals surface area contributed by atoms with Crippen LogP contribution in [0.5, 0.6) is 0 Å². The van der Waals surface area contributed by atoms with Crippen LogP contribution in [-0.4, -0.2) is 5.91 Å². The molecule has 0 aliphatic carbocycles. The largest absolute Gasteiger partial charge is 0.347 e. The topological polar surface area (TPSA) is 29.1 Å². The fraction of sp³-hybridized carbons (Fsp3) is 0.0833. The Morgan fingerprint density at radius 3 is 2.78 bits per heavy atom. The predicted octanol–water partition coefficient (Wildman–Crippen LogP) is 4.34. The lowest BCUT2D eigenvalue weighted by molar-refractivity contribution is 0.0950. The maximum Gasteiger partial charge on any atom is 0.252 e. The average Bonchev–Trinajstić information content (AvgIpc) is 2.75. The second-order valence-corrected chi connectivity index (χ2v) is 6.30. The molecule has 0 atom stereocenters. The summed E-state index contributed by atoms with van der Waals surface area (Å²) < 4.78 is 14.6. The Balaban J connectivity index is 2.05. The van der Waals surface area contributed by atoms with Crippen LogP contribution in [0.1, 0.15) is 15.2 Å². The van der Waals surface area contributed by atoms with Crippen molar-refractivity contribution < 1.29 is 9.18 Å². The van der Waals surface area contributed by atoms with E-state index in [1.165, 1.54) is 18.2 Å². The van der Waals surface area contributed by atoms with Gasteiger partial charge in [0.05, 0.1) is 12.1 Å². The van der Waals surface area contributed by atoms with E-state index in [1.54, 1.807) is 11.3 Å². The van der Waals surface area contributed by atoms with Gasteiger partial charge in [0.15, 0.2) is 0 Å². The Hall–Kier alpha value is -0.720. The number of rotatable bonds is 3. The van der Waals surface area contributed by atoms with Crippen LogP contribution in [0.4, 0.5) is 4.39 Å². The highest BCUT2D eigenvalue weighted by Gasteiger charge is 2.11. The number of hydrogen-bond donors (Lipinski definition) is 1. The highest BCUT2D eigenvalue weighted by atomic mass is 79.9. The van der Waals surface area contributed by atoms with Crippen molar-refractivity contribution in [3.05, 3.63) is 54.8 Å². The van der Waals surface area contributed by atoms with Gasteiger partial charge < -0.3 is 5.32 Å². The molecule has 0 unspecified atom stereocenters. The van der Waals surface area contributed by atoms with E-state index in [4.69, 9.17) is 0 Å². The maximum atomic E-state index is 13.1. The summed E-state index contributed by atoms with van der Waals surface area (Å²) >= 11 is 8.12. The molecule has 1 aromatic heterocycles. The molecular weight excluding hydrogens is 385 g/mol. The lowest BCUT2D eigenvalue weighted by atomic mass is 10.2.